The third kappa shape index (κ3) is 5.23. The molecule has 0 spiro atoms. The third-order valence-corrected chi connectivity index (χ3v) is 4.42. The van der Waals surface area contributed by atoms with E-state index in [1.807, 2.05) is 0 Å². The van der Waals surface area contributed by atoms with Crippen LogP contribution in [0.1, 0.15) is 11.4 Å². The van der Waals surface area contributed by atoms with Crippen LogP contribution in [-0.4, -0.2) is 22.4 Å². The van der Waals surface area contributed by atoms with Crippen LogP contribution in [0.15, 0.2) is 48.5 Å². The van der Waals surface area contributed by atoms with Crippen molar-refractivity contribution in [2.75, 3.05) is 6.61 Å². The monoisotopic (exact) mass is 390 g/mol. The first-order chi connectivity index (χ1) is 11.3. The summed E-state index contributed by atoms with van der Waals surface area (Å²) < 4.78 is 21.6. The van der Waals surface area contributed by atoms with Crippen LogP contribution >= 0.6 is 30.8 Å². The summed E-state index contributed by atoms with van der Waals surface area (Å²) in [5.41, 5.74) is 0.184. The molecule has 0 saturated carbocycles. The van der Waals surface area contributed by atoms with Crippen LogP contribution in [-0.2, 0) is 14.1 Å². The number of carbonyl (C=O) groups is 1. The van der Waals surface area contributed by atoms with Crippen LogP contribution in [0.5, 0.6) is 5.75 Å². The summed E-state index contributed by atoms with van der Waals surface area (Å²) in [7, 11) is -4.71. The molecule has 2 rings (SSSR count). The number of hydrogen-bond acceptors (Lipinski definition) is 4. The molecule has 0 amide bonds. The molecule has 0 aliphatic heterocycles. The Bertz CT molecular complexity index is 762. The van der Waals surface area contributed by atoms with Crippen molar-refractivity contribution in [1.82, 2.24) is 0 Å². The highest BCUT2D eigenvalue weighted by molar-refractivity contribution is 7.52. The Hall–Kier alpha value is -1.56. The van der Waals surface area contributed by atoms with Gasteiger partial charge < -0.3 is 19.3 Å². The molecule has 0 radical (unpaired) electrons. The number of rotatable bonds is 6. The number of hydrogen-bond donors (Lipinski definition) is 2. The second kappa shape index (κ2) is 8.01. The van der Waals surface area contributed by atoms with E-state index in [4.69, 9.17) is 32.7 Å². The second-order valence-electron chi connectivity index (χ2n) is 4.71. The maximum Gasteiger partial charge on any atom is 0.370 e. The van der Waals surface area contributed by atoms with Crippen LogP contribution in [0.3, 0.4) is 0 Å². The molecule has 1 atom stereocenters. The fourth-order valence-corrected chi connectivity index (χ4v) is 3.11. The maximum absolute atomic E-state index is 11.9. The van der Waals surface area contributed by atoms with Gasteiger partial charge in [-0.05, 0) is 18.2 Å². The molecule has 0 aromatic heterocycles. The topological polar surface area (TPSA) is 93.1 Å². The maximum atomic E-state index is 11.9. The lowest BCUT2D eigenvalue weighted by Gasteiger charge is -2.19. The summed E-state index contributed by atoms with van der Waals surface area (Å²) in [6, 6.07) is 12.2. The van der Waals surface area contributed by atoms with Crippen molar-refractivity contribution >= 4 is 36.8 Å². The van der Waals surface area contributed by atoms with Gasteiger partial charge >= 0.3 is 13.6 Å². The van der Waals surface area contributed by atoms with Crippen LogP contribution in [0.25, 0.3) is 0 Å². The molecule has 6 nitrogen and oxygen atoms in total. The molecule has 2 N–H and O–H groups in total. The van der Waals surface area contributed by atoms with Gasteiger partial charge in [-0.3, -0.25) is 4.57 Å². The smallest absolute Gasteiger partial charge is 0.370 e. The van der Waals surface area contributed by atoms with Gasteiger partial charge in [-0.2, -0.15) is 0 Å². The number of benzene rings is 2. The first kappa shape index (κ1) is 18.8. The molecular weight excluding hydrogens is 378 g/mol. The highest BCUT2D eigenvalue weighted by Crippen LogP contribution is 2.52. The van der Waals surface area contributed by atoms with E-state index in [1.54, 1.807) is 18.2 Å². The fourth-order valence-electron chi connectivity index (χ4n) is 1.84. The lowest BCUT2D eigenvalue weighted by molar-refractivity contribution is -0.148. The third-order valence-electron chi connectivity index (χ3n) is 2.87. The van der Waals surface area contributed by atoms with Gasteiger partial charge in [0.05, 0.1) is 5.02 Å². The standard InChI is InChI=1S/C15H13Cl2O6P/c16-11-6-7-13(12(17)8-11)22-9-14(18)23-15(24(19,20)21)10-4-2-1-3-5-10/h1-8,15H,9H2,(H2,19,20,21). The van der Waals surface area contributed by atoms with Crippen LogP contribution < -0.4 is 4.74 Å². The average Bonchev–Trinajstić information content (AvgIpc) is 2.51. The fraction of sp³-hybridized carbons (Fsp3) is 0.133. The first-order valence-corrected chi connectivity index (χ1v) is 9.08. The minimum atomic E-state index is -4.71. The van der Waals surface area contributed by atoms with Gasteiger partial charge in [0.25, 0.3) is 0 Å². The highest BCUT2D eigenvalue weighted by Gasteiger charge is 2.34. The van der Waals surface area contributed by atoms with E-state index in [-0.39, 0.29) is 16.3 Å². The Morgan fingerprint density at radius 3 is 2.38 bits per heavy atom. The van der Waals surface area contributed by atoms with E-state index in [9.17, 15) is 19.1 Å². The number of halogens is 2. The van der Waals surface area contributed by atoms with E-state index in [2.05, 4.69) is 0 Å². The van der Waals surface area contributed by atoms with Gasteiger partial charge in [0.1, 0.15) is 5.75 Å². The van der Waals surface area contributed by atoms with Crippen molar-refractivity contribution in [2.45, 2.75) is 5.85 Å². The van der Waals surface area contributed by atoms with Crippen molar-refractivity contribution in [3.63, 3.8) is 0 Å². The molecule has 128 valence electrons. The largest absolute Gasteiger partial charge is 0.480 e. The lowest BCUT2D eigenvalue weighted by atomic mass is 10.2. The number of esters is 1. The Morgan fingerprint density at radius 1 is 1.12 bits per heavy atom. The van der Waals surface area contributed by atoms with Gasteiger partial charge in [-0.1, -0.05) is 53.5 Å². The number of carbonyl (C=O) groups excluding carboxylic acids is 1. The Morgan fingerprint density at radius 2 is 1.79 bits per heavy atom. The van der Waals surface area contributed by atoms with Gasteiger partial charge in [-0.25, -0.2) is 4.79 Å². The molecule has 9 heteroatoms. The van der Waals surface area contributed by atoms with E-state index in [0.717, 1.165) is 0 Å². The predicted octanol–water partition coefficient (Wildman–Crippen LogP) is 3.79. The SMILES string of the molecule is O=C(COc1ccc(Cl)cc1Cl)OC(c1ccccc1)P(=O)(O)O. The molecule has 2 aromatic carbocycles. The molecule has 0 bridgehead atoms. The van der Waals surface area contributed by atoms with Gasteiger partial charge in [0.2, 0.25) is 5.85 Å². The van der Waals surface area contributed by atoms with Crippen LogP contribution in [0, 0.1) is 0 Å². The predicted molar refractivity (Wildman–Crippen MR) is 89.3 cm³/mol. The molecule has 0 saturated heterocycles. The molecule has 0 aliphatic carbocycles. The van der Waals surface area contributed by atoms with Crippen molar-refractivity contribution in [3.8, 4) is 5.75 Å². The summed E-state index contributed by atoms with van der Waals surface area (Å²) in [4.78, 5) is 30.7. The summed E-state index contributed by atoms with van der Waals surface area (Å²) in [6.45, 7) is -0.565. The zero-order valence-corrected chi connectivity index (χ0v) is 14.5. The Labute approximate surface area is 148 Å². The van der Waals surface area contributed by atoms with Crippen molar-refractivity contribution in [2.24, 2.45) is 0 Å². The van der Waals surface area contributed by atoms with E-state index < -0.39 is 26.0 Å². The average molecular weight is 391 g/mol. The van der Waals surface area contributed by atoms with Crippen LogP contribution in [0.4, 0.5) is 0 Å². The normalized spacial score (nSPS) is 12.5. The Balaban J connectivity index is 2.05. The summed E-state index contributed by atoms with van der Waals surface area (Å²) >= 11 is 11.6. The Kier molecular flexibility index (Phi) is 6.27. The van der Waals surface area contributed by atoms with Crippen molar-refractivity contribution in [1.29, 1.82) is 0 Å². The summed E-state index contributed by atoms with van der Waals surface area (Å²) in [6.07, 6.45) is 0. The van der Waals surface area contributed by atoms with Crippen molar-refractivity contribution < 1.29 is 28.6 Å². The summed E-state index contributed by atoms with van der Waals surface area (Å²) in [5.74, 6) is -2.45. The molecule has 1 unspecified atom stereocenters. The molecule has 0 fully saturated rings. The molecule has 0 heterocycles. The zero-order chi connectivity index (χ0) is 17.7. The second-order valence-corrected chi connectivity index (χ2v) is 7.20. The van der Waals surface area contributed by atoms with Gasteiger partial charge in [0.15, 0.2) is 6.61 Å². The minimum absolute atomic E-state index is 0.184. The van der Waals surface area contributed by atoms with E-state index >= 15 is 0 Å². The van der Waals surface area contributed by atoms with E-state index in [0.29, 0.717) is 5.02 Å². The van der Waals surface area contributed by atoms with Gasteiger partial charge in [-0.15, -0.1) is 0 Å². The quantitative estimate of drug-likeness (QED) is 0.575. The first-order valence-electron chi connectivity index (χ1n) is 6.65. The van der Waals surface area contributed by atoms with Crippen molar-refractivity contribution in [3.05, 3.63) is 64.1 Å². The zero-order valence-electron chi connectivity index (χ0n) is 12.1. The van der Waals surface area contributed by atoms with Crippen LogP contribution in [0.2, 0.25) is 10.0 Å². The molecule has 0 aliphatic rings. The van der Waals surface area contributed by atoms with E-state index in [1.165, 1.54) is 30.3 Å². The molecule has 24 heavy (non-hydrogen) atoms. The van der Waals surface area contributed by atoms with Gasteiger partial charge in [0, 0.05) is 10.6 Å². The summed E-state index contributed by atoms with van der Waals surface area (Å²) in [5, 5.41) is 0.602. The lowest BCUT2D eigenvalue weighted by Crippen LogP contribution is -2.18. The minimum Gasteiger partial charge on any atom is -0.480 e. The molecular formula is C15H13Cl2O6P. The highest BCUT2D eigenvalue weighted by atomic mass is 35.5. The molecule has 2 aromatic rings. The number of ether oxygens (including phenoxy) is 2.